The Hall–Kier alpha value is -2.91. The van der Waals surface area contributed by atoms with Gasteiger partial charge < -0.3 is 15.6 Å². The van der Waals surface area contributed by atoms with Crippen molar-refractivity contribution >= 4 is 22.0 Å². The average molecular weight is 337 g/mol. The Morgan fingerprint density at radius 2 is 1.70 bits per heavy atom. The van der Waals surface area contributed by atoms with Gasteiger partial charge in [-0.1, -0.05) is 18.2 Å². The number of benzene rings is 2. The molecule has 0 aromatic heterocycles. The van der Waals surface area contributed by atoms with E-state index in [0.717, 1.165) is 0 Å². The van der Waals surface area contributed by atoms with Gasteiger partial charge in [0.15, 0.2) is 0 Å². The van der Waals surface area contributed by atoms with E-state index in [4.69, 9.17) is 15.0 Å². The Balaban J connectivity index is 2.52. The minimum absolute atomic E-state index is 0.143. The van der Waals surface area contributed by atoms with E-state index in [2.05, 4.69) is 0 Å². The SMILES string of the molecule is NC(=O)c1cc(O)c(S(=O)(=O)O)cc1OC(=O)c1ccccc1. The van der Waals surface area contributed by atoms with Crippen LogP contribution < -0.4 is 10.5 Å². The zero-order valence-corrected chi connectivity index (χ0v) is 12.3. The van der Waals surface area contributed by atoms with Crippen molar-refractivity contribution in [2.45, 2.75) is 4.90 Å². The summed E-state index contributed by atoms with van der Waals surface area (Å²) in [4.78, 5) is 22.4. The van der Waals surface area contributed by atoms with E-state index in [9.17, 15) is 23.1 Å². The maximum Gasteiger partial charge on any atom is 0.343 e. The van der Waals surface area contributed by atoms with Crippen LogP contribution in [-0.2, 0) is 10.1 Å². The first-order valence-corrected chi connectivity index (χ1v) is 7.55. The molecule has 0 heterocycles. The molecule has 120 valence electrons. The second-order valence-corrected chi connectivity index (χ2v) is 5.80. The predicted octanol–water partition coefficient (Wildman–Crippen LogP) is 0.957. The molecule has 4 N–H and O–H groups in total. The first-order valence-electron chi connectivity index (χ1n) is 6.11. The Kier molecular flexibility index (Phi) is 4.34. The second kappa shape index (κ2) is 6.07. The Labute approximate surface area is 130 Å². The minimum atomic E-state index is -4.79. The molecule has 9 heteroatoms. The number of phenolic OH excluding ortho intramolecular Hbond substituents is 1. The number of carbonyl (C=O) groups is 2. The van der Waals surface area contributed by atoms with Gasteiger partial charge in [0.1, 0.15) is 16.4 Å². The zero-order chi connectivity index (χ0) is 17.2. The molecule has 0 fully saturated rings. The first-order chi connectivity index (χ1) is 10.7. The molecular weight excluding hydrogens is 326 g/mol. The summed E-state index contributed by atoms with van der Waals surface area (Å²) in [5.74, 6) is -3.34. The summed E-state index contributed by atoms with van der Waals surface area (Å²) in [7, 11) is -4.79. The number of primary amides is 1. The average Bonchev–Trinajstić information content (AvgIpc) is 2.48. The van der Waals surface area contributed by atoms with Gasteiger partial charge in [-0.05, 0) is 18.2 Å². The molecule has 0 unspecified atom stereocenters. The lowest BCUT2D eigenvalue weighted by Gasteiger charge is -2.11. The van der Waals surface area contributed by atoms with Gasteiger partial charge in [-0.25, -0.2) is 4.79 Å². The van der Waals surface area contributed by atoms with E-state index in [-0.39, 0.29) is 5.56 Å². The molecule has 0 aliphatic heterocycles. The van der Waals surface area contributed by atoms with Crippen LogP contribution in [0, 0.1) is 0 Å². The van der Waals surface area contributed by atoms with Crippen LogP contribution >= 0.6 is 0 Å². The van der Waals surface area contributed by atoms with Crippen molar-refractivity contribution in [2.75, 3.05) is 0 Å². The lowest BCUT2D eigenvalue weighted by molar-refractivity contribution is 0.0732. The normalized spacial score (nSPS) is 11.0. The summed E-state index contributed by atoms with van der Waals surface area (Å²) in [6, 6.07) is 9.04. The topological polar surface area (TPSA) is 144 Å². The molecule has 2 aromatic rings. The highest BCUT2D eigenvalue weighted by Crippen LogP contribution is 2.31. The lowest BCUT2D eigenvalue weighted by atomic mass is 10.1. The van der Waals surface area contributed by atoms with Crippen molar-refractivity contribution in [2.24, 2.45) is 5.73 Å². The molecule has 0 atom stereocenters. The number of rotatable bonds is 4. The van der Waals surface area contributed by atoms with Crippen LogP contribution in [0.3, 0.4) is 0 Å². The van der Waals surface area contributed by atoms with Gasteiger partial charge in [0.25, 0.3) is 16.0 Å². The van der Waals surface area contributed by atoms with Crippen LogP contribution in [0.15, 0.2) is 47.4 Å². The van der Waals surface area contributed by atoms with E-state index in [0.29, 0.717) is 12.1 Å². The van der Waals surface area contributed by atoms with Crippen LogP contribution in [0.4, 0.5) is 0 Å². The monoisotopic (exact) mass is 337 g/mol. The molecule has 23 heavy (non-hydrogen) atoms. The van der Waals surface area contributed by atoms with Gasteiger partial charge >= 0.3 is 5.97 Å². The van der Waals surface area contributed by atoms with Gasteiger partial charge in [-0.3, -0.25) is 9.35 Å². The number of aromatic hydroxyl groups is 1. The fraction of sp³-hybridized carbons (Fsp3) is 0. The Bertz CT molecular complexity index is 875. The molecule has 0 aliphatic rings. The molecule has 2 rings (SSSR count). The molecule has 0 bridgehead atoms. The third-order valence-corrected chi connectivity index (χ3v) is 3.70. The van der Waals surface area contributed by atoms with E-state index in [1.54, 1.807) is 18.2 Å². The standard InChI is InChI=1S/C14H11NO7S/c15-13(17)9-6-10(16)12(23(19,20)21)7-11(9)22-14(18)8-4-2-1-3-5-8/h1-7,16H,(H2,15,17)(H,19,20,21). The number of nitrogens with two attached hydrogens (primary N) is 1. The summed E-state index contributed by atoms with van der Waals surface area (Å²) in [5.41, 5.74) is 4.83. The fourth-order valence-electron chi connectivity index (χ4n) is 1.77. The van der Waals surface area contributed by atoms with Crippen molar-refractivity contribution in [1.82, 2.24) is 0 Å². The summed E-state index contributed by atoms with van der Waals surface area (Å²) >= 11 is 0. The van der Waals surface area contributed by atoms with Gasteiger partial charge in [0, 0.05) is 6.07 Å². The number of hydrogen-bond donors (Lipinski definition) is 3. The highest BCUT2D eigenvalue weighted by Gasteiger charge is 2.23. The fourth-order valence-corrected chi connectivity index (χ4v) is 2.35. The van der Waals surface area contributed by atoms with E-state index in [1.165, 1.54) is 12.1 Å². The predicted molar refractivity (Wildman–Crippen MR) is 77.8 cm³/mol. The molecule has 0 radical (unpaired) electrons. The number of carbonyl (C=O) groups excluding carboxylic acids is 2. The molecule has 1 amide bonds. The van der Waals surface area contributed by atoms with Crippen LogP contribution in [0.2, 0.25) is 0 Å². The zero-order valence-electron chi connectivity index (χ0n) is 11.5. The maximum absolute atomic E-state index is 12.0. The first kappa shape index (κ1) is 16.5. The Morgan fingerprint density at radius 1 is 1.09 bits per heavy atom. The number of esters is 1. The number of phenols is 1. The molecule has 0 saturated heterocycles. The van der Waals surface area contributed by atoms with Crippen LogP contribution in [0.1, 0.15) is 20.7 Å². The number of hydrogen-bond acceptors (Lipinski definition) is 6. The van der Waals surface area contributed by atoms with Crippen molar-refractivity contribution < 1.29 is 32.4 Å². The summed E-state index contributed by atoms with van der Waals surface area (Å²) < 4.78 is 36.4. The summed E-state index contributed by atoms with van der Waals surface area (Å²) in [6.45, 7) is 0. The van der Waals surface area contributed by atoms with Gasteiger partial charge in [-0.2, -0.15) is 8.42 Å². The number of amides is 1. The second-order valence-electron chi connectivity index (χ2n) is 4.41. The molecule has 8 nitrogen and oxygen atoms in total. The van der Waals surface area contributed by atoms with E-state index < -0.39 is 44.0 Å². The minimum Gasteiger partial charge on any atom is -0.506 e. The van der Waals surface area contributed by atoms with Crippen LogP contribution in [-0.4, -0.2) is 30.0 Å². The van der Waals surface area contributed by atoms with E-state index >= 15 is 0 Å². The van der Waals surface area contributed by atoms with Crippen molar-refractivity contribution in [3.63, 3.8) is 0 Å². The van der Waals surface area contributed by atoms with Crippen molar-refractivity contribution in [3.8, 4) is 11.5 Å². The molecular formula is C14H11NO7S. The smallest absolute Gasteiger partial charge is 0.343 e. The van der Waals surface area contributed by atoms with E-state index in [1.807, 2.05) is 0 Å². The van der Waals surface area contributed by atoms with Gasteiger partial charge in [-0.15, -0.1) is 0 Å². The maximum atomic E-state index is 12.0. The quantitative estimate of drug-likeness (QED) is 0.428. The van der Waals surface area contributed by atoms with Crippen LogP contribution in [0.5, 0.6) is 11.5 Å². The third-order valence-electron chi connectivity index (χ3n) is 2.82. The van der Waals surface area contributed by atoms with Crippen molar-refractivity contribution in [3.05, 3.63) is 53.6 Å². The molecule has 0 spiro atoms. The highest BCUT2D eigenvalue weighted by molar-refractivity contribution is 7.86. The summed E-state index contributed by atoms with van der Waals surface area (Å²) in [6.07, 6.45) is 0. The largest absolute Gasteiger partial charge is 0.506 e. The van der Waals surface area contributed by atoms with Crippen molar-refractivity contribution in [1.29, 1.82) is 0 Å². The molecule has 0 aliphatic carbocycles. The highest BCUT2D eigenvalue weighted by atomic mass is 32.2. The Morgan fingerprint density at radius 3 is 2.22 bits per heavy atom. The third kappa shape index (κ3) is 3.65. The van der Waals surface area contributed by atoms with Gasteiger partial charge in [0.05, 0.1) is 11.1 Å². The summed E-state index contributed by atoms with van der Waals surface area (Å²) in [5, 5.41) is 9.56. The van der Waals surface area contributed by atoms with Crippen LogP contribution in [0.25, 0.3) is 0 Å². The lowest BCUT2D eigenvalue weighted by Crippen LogP contribution is -2.17. The number of ether oxygens (including phenoxy) is 1. The van der Waals surface area contributed by atoms with Gasteiger partial charge in [0.2, 0.25) is 0 Å². The molecule has 0 saturated carbocycles. The molecule has 2 aromatic carbocycles.